The van der Waals surface area contributed by atoms with E-state index >= 15 is 0 Å². The minimum Gasteiger partial charge on any atom is -0.365 e. The third-order valence-corrected chi connectivity index (χ3v) is 2.55. The Bertz CT molecular complexity index is 406. The van der Waals surface area contributed by atoms with Crippen LogP contribution in [-0.4, -0.2) is 18.9 Å². The molecule has 0 N–H and O–H groups in total. The molecule has 1 rings (SSSR count). The van der Waals surface area contributed by atoms with Crippen molar-refractivity contribution in [2.24, 2.45) is 0 Å². The summed E-state index contributed by atoms with van der Waals surface area (Å²) >= 11 is 0. The normalized spacial score (nSPS) is 11.6. The van der Waals surface area contributed by atoms with E-state index in [-0.39, 0.29) is 11.8 Å². The Balaban J connectivity index is 2.96. The zero-order valence-electron chi connectivity index (χ0n) is 9.19. The highest BCUT2D eigenvalue weighted by molar-refractivity contribution is 5.84. The first kappa shape index (κ1) is 11.3. The van der Waals surface area contributed by atoms with E-state index in [2.05, 4.69) is 6.07 Å². The van der Waals surface area contributed by atoms with Crippen molar-refractivity contribution in [3.8, 4) is 6.07 Å². The zero-order valence-corrected chi connectivity index (χ0v) is 9.19. The molecule has 0 fully saturated rings. The molecule has 0 saturated carbocycles. The van der Waals surface area contributed by atoms with Gasteiger partial charge < -0.3 is 4.90 Å². The SMILES string of the molecule is CC(=O)C(C)N(C)c1cccc(C#N)c1. The summed E-state index contributed by atoms with van der Waals surface area (Å²) < 4.78 is 0. The molecule has 0 aliphatic heterocycles. The van der Waals surface area contributed by atoms with Crippen molar-refractivity contribution in [2.45, 2.75) is 19.9 Å². The molecular weight excluding hydrogens is 188 g/mol. The van der Waals surface area contributed by atoms with Gasteiger partial charge in [-0.3, -0.25) is 4.79 Å². The summed E-state index contributed by atoms with van der Waals surface area (Å²) in [6.45, 7) is 3.41. The molecule has 3 heteroatoms. The van der Waals surface area contributed by atoms with Crippen LogP contribution in [0.4, 0.5) is 5.69 Å². The van der Waals surface area contributed by atoms with Gasteiger partial charge in [-0.1, -0.05) is 6.07 Å². The Morgan fingerprint density at radius 3 is 2.73 bits per heavy atom. The fraction of sp³-hybridized carbons (Fsp3) is 0.333. The van der Waals surface area contributed by atoms with Crippen molar-refractivity contribution in [1.82, 2.24) is 0 Å². The summed E-state index contributed by atoms with van der Waals surface area (Å²) in [5, 5.41) is 8.76. The van der Waals surface area contributed by atoms with E-state index < -0.39 is 0 Å². The fourth-order valence-electron chi connectivity index (χ4n) is 1.29. The van der Waals surface area contributed by atoms with Gasteiger partial charge >= 0.3 is 0 Å². The number of rotatable bonds is 3. The van der Waals surface area contributed by atoms with E-state index in [0.29, 0.717) is 5.56 Å². The first-order valence-corrected chi connectivity index (χ1v) is 4.79. The molecule has 0 heterocycles. The van der Waals surface area contributed by atoms with Gasteiger partial charge in [0.25, 0.3) is 0 Å². The lowest BCUT2D eigenvalue weighted by Gasteiger charge is -2.24. The summed E-state index contributed by atoms with van der Waals surface area (Å²) in [6, 6.07) is 9.14. The summed E-state index contributed by atoms with van der Waals surface area (Å²) in [5.41, 5.74) is 1.49. The molecule has 1 atom stereocenters. The maximum absolute atomic E-state index is 11.2. The number of likely N-dealkylation sites (N-methyl/N-ethyl adjacent to an activating group) is 1. The second-order valence-corrected chi connectivity index (χ2v) is 3.56. The van der Waals surface area contributed by atoms with Crippen LogP contribution >= 0.6 is 0 Å². The van der Waals surface area contributed by atoms with Gasteiger partial charge in [-0.05, 0) is 32.0 Å². The van der Waals surface area contributed by atoms with E-state index in [1.165, 1.54) is 0 Å². The van der Waals surface area contributed by atoms with Gasteiger partial charge in [0.05, 0.1) is 17.7 Å². The third kappa shape index (κ3) is 2.57. The van der Waals surface area contributed by atoms with Crippen molar-refractivity contribution >= 4 is 11.5 Å². The lowest BCUT2D eigenvalue weighted by Crippen LogP contribution is -2.34. The second-order valence-electron chi connectivity index (χ2n) is 3.56. The topological polar surface area (TPSA) is 44.1 Å². The van der Waals surface area contributed by atoms with Crippen LogP contribution < -0.4 is 4.90 Å². The molecule has 78 valence electrons. The molecule has 3 nitrogen and oxygen atoms in total. The van der Waals surface area contributed by atoms with Crippen LogP contribution in [0.15, 0.2) is 24.3 Å². The second kappa shape index (κ2) is 4.61. The predicted octanol–water partition coefficient (Wildman–Crippen LogP) is 1.97. The summed E-state index contributed by atoms with van der Waals surface area (Å²) in [7, 11) is 1.85. The third-order valence-electron chi connectivity index (χ3n) is 2.55. The van der Waals surface area contributed by atoms with Crippen LogP contribution in [0.25, 0.3) is 0 Å². The maximum Gasteiger partial charge on any atom is 0.151 e. The maximum atomic E-state index is 11.2. The van der Waals surface area contributed by atoms with Crippen LogP contribution in [0.5, 0.6) is 0 Å². The van der Waals surface area contributed by atoms with E-state index in [1.54, 1.807) is 19.1 Å². The molecule has 0 radical (unpaired) electrons. The summed E-state index contributed by atoms with van der Waals surface area (Å²) in [6.07, 6.45) is 0. The molecule has 0 aliphatic rings. The average Bonchev–Trinajstić information content (AvgIpc) is 2.27. The van der Waals surface area contributed by atoms with Gasteiger partial charge in [0.2, 0.25) is 0 Å². The zero-order chi connectivity index (χ0) is 11.4. The lowest BCUT2D eigenvalue weighted by molar-refractivity contribution is -0.117. The van der Waals surface area contributed by atoms with Gasteiger partial charge in [-0.2, -0.15) is 5.26 Å². The average molecular weight is 202 g/mol. The molecule has 1 unspecified atom stereocenters. The van der Waals surface area contributed by atoms with Gasteiger partial charge in [-0.25, -0.2) is 0 Å². The first-order chi connectivity index (χ1) is 7.06. The molecule has 1 aromatic carbocycles. The number of anilines is 1. The molecule has 0 aromatic heterocycles. The van der Waals surface area contributed by atoms with Crippen molar-refractivity contribution in [3.05, 3.63) is 29.8 Å². The van der Waals surface area contributed by atoms with Gasteiger partial charge in [0, 0.05) is 12.7 Å². The van der Waals surface area contributed by atoms with Crippen molar-refractivity contribution in [2.75, 3.05) is 11.9 Å². The van der Waals surface area contributed by atoms with E-state index in [9.17, 15) is 4.79 Å². The molecular formula is C12H14N2O. The van der Waals surface area contributed by atoms with Crippen molar-refractivity contribution in [1.29, 1.82) is 5.26 Å². The largest absolute Gasteiger partial charge is 0.365 e. The monoisotopic (exact) mass is 202 g/mol. The summed E-state index contributed by atoms with van der Waals surface area (Å²) in [5.74, 6) is 0.111. The Morgan fingerprint density at radius 2 is 2.20 bits per heavy atom. The number of Topliss-reactive ketones (excluding diaryl/α,β-unsaturated/α-hetero) is 1. The molecule has 0 spiro atoms. The Kier molecular flexibility index (Phi) is 3.46. The molecule has 0 saturated heterocycles. The van der Waals surface area contributed by atoms with Crippen LogP contribution in [0, 0.1) is 11.3 Å². The van der Waals surface area contributed by atoms with Gasteiger partial charge in [-0.15, -0.1) is 0 Å². The number of hydrogen-bond donors (Lipinski definition) is 0. The minimum absolute atomic E-state index is 0.111. The summed E-state index contributed by atoms with van der Waals surface area (Å²) in [4.78, 5) is 13.1. The van der Waals surface area contributed by atoms with Gasteiger partial charge in [0.1, 0.15) is 0 Å². The number of carbonyl (C=O) groups is 1. The van der Waals surface area contributed by atoms with Gasteiger partial charge in [0.15, 0.2) is 5.78 Å². The molecule has 0 aliphatic carbocycles. The van der Waals surface area contributed by atoms with Crippen molar-refractivity contribution < 1.29 is 4.79 Å². The van der Waals surface area contributed by atoms with E-state index in [4.69, 9.17) is 5.26 Å². The number of nitriles is 1. The molecule has 0 bridgehead atoms. The molecule has 1 aromatic rings. The molecule has 15 heavy (non-hydrogen) atoms. The quantitative estimate of drug-likeness (QED) is 0.752. The number of ketones is 1. The van der Waals surface area contributed by atoms with Crippen LogP contribution in [0.3, 0.4) is 0 Å². The van der Waals surface area contributed by atoms with Crippen molar-refractivity contribution in [3.63, 3.8) is 0 Å². The lowest BCUT2D eigenvalue weighted by atomic mass is 10.1. The van der Waals surface area contributed by atoms with Crippen LogP contribution in [0.2, 0.25) is 0 Å². The standard InChI is InChI=1S/C12H14N2O/c1-9(10(2)15)14(3)12-6-4-5-11(7-12)8-13/h4-7,9H,1-3H3. The van der Waals surface area contributed by atoms with Crippen LogP contribution in [0.1, 0.15) is 19.4 Å². The highest BCUT2D eigenvalue weighted by Crippen LogP contribution is 2.16. The number of benzene rings is 1. The number of nitrogens with zero attached hydrogens (tertiary/aromatic N) is 2. The molecule has 0 amide bonds. The highest BCUT2D eigenvalue weighted by Gasteiger charge is 2.14. The smallest absolute Gasteiger partial charge is 0.151 e. The fourth-order valence-corrected chi connectivity index (χ4v) is 1.29. The predicted molar refractivity (Wildman–Crippen MR) is 59.7 cm³/mol. The van der Waals surface area contributed by atoms with Crippen LogP contribution in [-0.2, 0) is 4.79 Å². The Labute approximate surface area is 89.9 Å². The first-order valence-electron chi connectivity index (χ1n) is 4.79. The highest BCUT2D eigenvalue weighted by atomic mass is 16.1. The van der Waals surface area contributed by atoms with E-state index in [0.717, 1.165) is 5.69 Å². The minimum atomic E-state index is -0.168. The Morgan fingerprint density at radius 1 is 1.53 bits per heavy atom. The van der Waals surface area contributed by atoms with E-state index in [1.807, 2.05) is 31.0 Å². The number of carbonyl (C=O) groups excluding carboxylic acids is 1. The number of hydrogen-bond acceptors (Lipinski definition) is 3. The Hall–Kier alpha value is -1.82.